The molecule has 0 bridgehead atoms. The maximum Gasteiger partial charge on any atom is 0.170 e. The summed E-state index contributed by atoms with van der Waals surface area (Å²) >= 11 is 5.85. The monoisotopic (exact) mass is 432 g/mol. The maximum absolute atomic E-state index is 5.85. The molecule has 0 spiro atoms. The van der Waals surface area contributed by atoms with Crippen molar-refractivity contribution < 1.29 is 4.74 Å². The zero-order valence-electron chi connectivity index (χ0n) is 17.8. The Morgan fingerprint density at radius 1 is 1.06 bits per heavy atom. The molecule has 6 heteroatoms. The highest BCUT2D eigenvalue weighted by atomic mass is 32.1. The minimum atomic E-state index is 0.0157. The first-order valence-corrected chi connectivity index (χ1v) is 11.4. The first kappa shape index (κ1) is 20.1. The number of benzene rings is 1. The van der Waals surface area contributed by atoms with Crippen LogP contribution in [0, 0.1) is 0 Å². The predicted octanol–water partition coefficient (Wildman–Crippen LogP) is 5.18. The van der Waals surface area contributed by atoms with Gasteiger partial charge in [-0.15, -0.1) is 0 Å². The maximum atomic E-state index is 5.85. The van der Waals surface area contributed by atoms with Crippen LogP contribution < -0.4 is 10.1 Å². The molecule has 1 saturated carbocycles. The summed E-state index contributed by atoms with van der Waals surface area (Å²) in [4.78, 5) is 6.99. The molecule has 31 heavy (non-hydrogen) atoms. The molecule has 2 aliphatic rings. The van der Waals surface area contributed by atoms with Crippen LogP contribution in [-0.2, 0) is 6.54 Å². The number of rotatable bonds is 6. The van der Waals surface area contributed by atoms with Gasteiger partial charge in [-0.25, -0.2) is 0 Å². The van der Waals surface area contributed by atoms with Gasteiger partial charge < -0.3 is 19.5 Å². The second-order valence-corrected chi connectivity index (χ2v) is 8.77. The first-order chi connectivity index (χ1) is 15.2. The Morgan fingerprint density at radius 2 is 1.87 bits per heavy atom. The normalized spacial score (nSPS) is 21.5. The zero-order chi connectivity index (χ0) is 21.2. The van der Waals surface area contributed by atoms with E-state index in [0.717, 1.165) is 23.1 Å². The van der Waals surface area contributed by atoms with Crippen molar-refractivity contribution in [3.63, 3.8) is 0 Å². The van der Waals surface area contributed by atoms with E-state index in [1.165, 1.54) is 36.9 Å². The molecule has 1 N–H and O–H groups in total. The molecule has 5 nitrogen and oxygen atoms in total. The van der Waals surface area contributed by atoms with E-state index < -0.39 is 0 Å². The summed E-state index contributed by atoms with van der Waals surface area (Å²) < 4.78 is 7.81. The molecular weight excluding hydrogens is 404 g/mol. The van der Waals surface area contributed by atoms with Crippen molar-refractivity contribution >= 4 is 17.3 Å². The molecule has 2 aromatic heterocycles. The Hall–Kier alpha value is -2.86. The van der Waals surface area contributed by atoms with Crippen LogP contribution in [0.3, 0.4) is 0 Å². The van der Waals surface area contributed by atoms with E-state index in [1.807, 2.05) is 30.5 Å². The van der Waals surface area contributed by atoms with Crippen molar-refractivity contribution in [2.75, 3.05) is 7.11 Å². The van der Waals surface area contributed by atoms with E-state index in [9.17, 15) is 0 Å². The average Bonchev–Trinajstić information content (AvgIpc) is 3.55. The number of thiocarbonyl (C=S) groups is 1. The highest BCUT2D eigenvalue weighted by molar-refractivity contribution is 7.80. The Balaban J connectivity index is 1.52. The third-order valence-electron chi connectivity index (χ3n) is 6.54. The molecule has 1 aromatic carbocycles. The lowest BCUT2D eigenvalue weighted by Crippen LogP contribution is -2.30. The zero-order valence-corrected chi connectivity index (χ0v) is 18.6. The van der Waals surface area contributed by atoms with E-state index in [2.05, 4.69) is 56.3 Å². The average molecular weight is 433 g/mol. The molecule has 1 aliphatic carbocycles. The van der Waals surface area contributed by atoms with Gasteiger partial charge in [-0.2, -0.15) is 0 Å². The van der Waals surface area contributed by atoms with Crippen LogP contribution in [0.1, 0.15) is 60.8 Å². The lowest BCUT2D eigenvalue weighted by molar-refractivity contribution is 0.290. The highest BCUT2D eigenvalue weighted by Crippen LogP contribution is 2.42. The Bertz CT molecular complexity index is 1030. The standard InChI is InChI=1S/C25H28N4OS/c1-30-20-13-11-18(12-14-20)17-29-24(22-10-6-16-28(22)19-7-2-3-8-19)23(27-25(29)31)21-9-4-5-15-26-21/h4-6,9-16,19,23-24H,2-3,7-8,17H2,1H3,(H,27,31)/t23-,24-/m0/s1. The van der Waals surface area contributed by atoms with Gasteiger partial charge in [0.2, 0.25) is 0 Å². The third kappa shape index (κ3) is 3.92. The van der Waals surface area contributed by atoms with Gasteiger partial charge in [0.25, 0.3) is 0 Å². The number of nitrogens with zero attached hydrogens (tertiary/aromatic N) is 3. The second kappa shape index (κ2) is 8.71. The van der Waals surface area contributed by atoms with Crippen molar-refractivity contribution in [3.8, 4) is 5.75 Å². The molecule has 1 saturated heterocycles. The molecule has 160 valence electrons. The van der Waals surface area contributed by atoms with Gasteiger partial charge in [-0.05, 0) is 67.0 Å². The highest BCUT2D eigenvalue weighted by Gasteiger charge is 2.41. The van der Waals surface area contributed by atoms with Crippen LogP contribution in [0.4, 0.5) is 0 Å². The molecule has 2 fully saturated rings. The largest absolute Gasteiger partial charge is 0.497 e. The topological polar surface area (TPSA) is 42.3 Å². The Morgan fingerprint density at radius 3 is 2.58 bits per heavy atom. The van der Waals surface area contributed by atoms with E-state index in [-0.39, 0.29) is 12.1 Å². The van der Waals surface area contributed by atoms with Gasteiger partial charge in [0.05, 0.1) is 24.9 Å². The summed E-state index contributed by atoms with van der Waals surface area (Å²) in [5.41, 5.74) is 3.53. The molecule has 2 atom stereocenters. The molecular formula is C25H28N4OS. The number of ether oxygens (including phenoxy) is 1. The van der Waals surface area contributed by atoms with Gasteiger partial charge in [-0.3, -0.25) is 4.98 Å². The first-order valence-electron chi connectivity index (χ1n) is 11.0. The van der Waals surface area contributed by atoms with Gasteiger partial charge in [0.1, 0.15) is 5.75 Å². The minimum Gasteiger partial charge on any atom is -0.497 e. The number of nitrogens with one attached hydrogen (secondary N) is 1. The summed E-state index contributed by atoms with van der Waals surface area (Å²) in [5, 5.41) is 4.35. The molecule has 3 heterocycles. The quantitative estimate of drug-likeness (QED) is 0.544. The lowest BCUT2D eigenvalue weighted by atomic mass is 10.00. The van der Waals surface area contributed by atoms with Crippen molar-refractivity contribution in [1.82, 2.24) is 19.8 Å². The number of pyridine rings is 1. The SMILES string of the molecule is COc1ccc(CN2C(=S)N[C@@H](c3ccccn3)[C@@H]2c2cccn2C2CCCC2)cc1. The second-order valence-electron chi connectivity index (χ2n) is 8.38. The fourth-order valence-corrected chi connectivity index (χ4v) is 5.30. The summed E-state index contributed by atoms with van der Waals surface area (Å²) in [5.74, 6) is 0.865. The number of aromatic nitrogens is 2. The molecule has 1 aliphatic heterocycles. The minimum absolute atomic E-state index is 0.0157. The van der Waals surface area contributed by atoms with Gasteiger partial charge in [0, 0.05) is 30.7 Å². The summed E-state index contributed by atoms with van der Waals surface area (Å²) in [6.45, 7) is 0.736. The van der Waals surface area contributed by atoms with Crippen molar-refractivity contribution in [3.05, 3.63) is 83.9 Å². The molecule has 3 aromatic rings. The number of hydrogen-bond donors (Lipinski definition) is 1. The summed E-state index contributed by atoms with van der Waals surface area (Å²) in [6, 6.07) is 19.5. The van der Waals surface area contributed by atoms with Crippen LogP contribution in [0.2, 0.25) is 0 Å². The molecule has 0 radical (unpaired) electrons. The molecule has 5 rings (SSSR count). The van der Waals surface area contributed by atoms with E-state index in [0.29, 0.717) is 6.04 Å². The lowest BCUT2D eigenvalue weighted by Gasteiger charge is -2.30. The smallest absolute Gasteiger partial charge is 0.170 e. The predicted molar refractivity (Wildman–Crippen MR) is 126 cm³/mol. The van der Waals surface area contributed by atoms with Crippen LogP contribution in [0.25, 0.3) is 0 Å². The Labute approximate surface area is 189 Å². The fraction of sp³-hybridized carbons (Fsp3) is 0.360. The number of hydrogen-bond acceptors (Lipinski definition) is 3. The van der Waals surface area contributed by atoms with Crippen LogP contribution in [0.15, 0.2) is 67.0 Å². The molecule has 0 unspecified atom stereocenters. The van der Waals surface area contributed by atoms with Crippen molar-refractivity contribution in [1.29, 1.82) is 0 Å². The summed E-state index contributed by atoms with van der Waals surface area (Å²) in [7, 11) is 1.69. The fourth-order valence-electron chi connectivity index (χ4n) is 5.00. The van der Waals surface area contributed by atoms with Crippen LogP contribution in [-0.4, -0.2) is 26.7 Å². The number of methoxy groups -OCH3 is 1. The third-order valence-corrected chi connectivity index (χ3v) is 6.90. The van der Waals surface area contributed by atoms with Crippen LogP contribution in [0.5, 0.6) is 5.75 Å². The van der Waals surface area contributed by atoms with E-state index >= 15 is 0 Å². The van der Waals surface area contributed by atoms with E-state index in [1.54, 1.807) is 7.11 Å². The Kier molecular flexibility index (Phi) is 5.64. The van der Waals surface area contributed by atoms with Gasteiger partial charge >= 0.3 is 0 Å². The van der Waals surface area contributed by atoms with Crippen molar-refractivity contribution in [2.24, 2.45) is 0 Å². The summed E-state index contributed by atoms with van der Waals surface area (Å²) in [6.07, 6.45) is 9.22. The van der Waals surface area contributed by atoms with Gasteiger partial charge in [0.15, 0.2) is 5.11 Å². The van der Waals surface area contributed by atoms with Gasteiger partial charge in [-0.1, -0.05) is 31.0 Å². The van der Waals surface area contributed by atoms with E-state index in [4.69, 9.17) is 17.0 Å². The van der Waals surface area contributed by atoms with Crippen LogP contribution >= 0.6 is 12.2 Å². The van der Waals surface area contributed by atoms with Crippen molar-refractivity contribution in [2.45, 2.75) is 50.4 Å². The molecule has 0 amide bonds.